The molecule has 1 aromatic rings. The van der Waals surface area contributed by atoms with Crippen molar-refractivity contribution in [2.75, 3.05) is 18.4 Å². The summed E-state index contributed by atoms with van der Waals surface area (Å²) < 4.78 is 0.975. The fourth-order valence-corrected chi connectivity index (χ4v) is 1.76. The second-order valence-electron chi connectivity index (χ2n) is 4.91. The van der Waals surface area contributed by atoms with Gasteiger partial charge >= 0.3 is 0 Å². The monoisotopic (exact) mass is 295 g/mol. The van der Waals surface area contributed by atoms with Gasteiger partial charge in [-0.2, -0.15) is 5.26 Å². The van der Waals surface area contributed by atoms with Gasteiger partial charge in [0.15, 0.2) is 0 Å². The molecule has 0 saturated heterocycles. The van der Waals surface area contributed by atoms with Crippen molar-refractivity contribution in [1.29, 1.82) is 5.26 Å². The van der Waals surface area contributed by atoms with Crippen LogP contribution in [0.1, 0.15) is 26.3 Å². The number of nitriles is 1. The molecule has 0 heterocycles. The van der Waals surface area contributed by atoms with Crippen molar-refractivity contribution in [3.8, 4) is 6.07 Å². The van der Waals surface area contributed by atoms with Crippen molar-refractivity contribution in [2.24, 2.45) is 0 Å². The van der Waals surface area contributed by atoms with Crippen molar-refractivity contribution in [1.82, 2.24) is 5.32 Å². The van der Waals surface area contributed by atoms with Gasteiger partial charge in [-0.25, -0.2) is 0 Å². The van der Waals surface area contributed by atoms with Crippen LogP contribution in [0.25, 0.3) is 0 Å². The number of hydrogen-bond donors (Lipinski definition) is 2. The van der Waals surface area contributed by atoms with Crippen LogP contribution in [0, 0.1) is 11.3 Å². The van der Waals surface area contributed by atoms with Crippen LogP contribution >= 0.6 is 15.9 Å². The van der Waals surface area contributed by atoms with Crippen molar-refractivity contribution in [3.63, 3.8) is 0 Å². The Morgan fingerprint density at radius 3 is 2.59 bits per heavy atom. The van der Waals surface area contributed by atoms with E-state index in [1.165, 1.54) is 0 Å². The molecule has 3 nitrogen and oxygen atoms in total. The molecule has 0 aliphatic heterocycles. The second-order valence-corrected chi connectivity index (χ2v) is 5.82. The predicted octanol–water partition coefficient (Wildman–Crippen LogP) is 3.12. The molecule has 0 atom stereocenters. The molecule has 4 heteroatoms. The third-order valence-corrected chi connectivity index (χ3v) is 2.69. The summed E-state index contributed by atoms with van der Waals surface area (Å²) in [5.74, 6) is 0. The largest absolute Gasteiger partial charge is 0.383 e. The van der Waals surface area contributed by atoms with E-state index in [0.29, 0.717) is 5.56 Å². The minimum atomic E-state index is 0.122. The first-order valence-corrected chi connectivity index (χ1v) is 6.40. The van der Waals surface area contributed by atoms with Crippen molar-refractivity contribution < 1.29 is 0 Å². The van der Waals surface area contributed by atoms with Gasteiger partial charge in [0.2, 0.25) is 0 Å². The number of benzene rings is 1. The molecule has 0 bridgehead atoms. The maximum atomic E-state index is 8.97. The first-order valence-electron chi connectivity index (χ1n) is 5.61. The molecule has 0 saturated carbocycles. The zero-order valence-corrected chi connectivity index (χ0v) is 12.1. The zero-order valence-electron chi connectivity index (χ0n) is 10.5. The topological polar surface area (TPSA) is 47.8 Å². The average Bonchev–Trinajstić information content (AvgIpc) is 2.23. The second kappa shape index (κ2) is 6.04. The smallest absolute Gasteiger partial charge is 0.101 e. The van der Waals surface area contributed by atoms with E-state index in [0.717, 1.165) is 23.2 Å². The van der Waals surface area contributed by atoms with Crippen LogP contribution in [0.3, 0.4) is 0 Å². The fourth-order valence-electron chi connectivity index (χ4n) is 1.39. The van der Waals surface area contributed by atoms with Gasteiger partial charge in [0.1, 0.15) is 6.07 Å². The van der Waals surface area contributed by atoms with Crippen LogP contribution in [-0.2, 0) is 0 Å². The van der Waals surface area contributed by atoms with E-state index < -0.39 is 0 Å². The highest BCUT2D eigenvalue weighted by atomic mass is 79.9. The Morgan fingerprint density at radius 2 is 2.00 bits per heavy atom. The molecule has 1 aromatic carbocycles. The van der Waals surface area contributed by atoms with Gasteiger partial charge < -0.3 is 10.6 Å². The van der Waals surface area contributed by atoms with E-state index in [4.69, 9.17) is 5.26 Å². The van der Waals surface area contributed by atoms with Gasteiger partial charge in [0.25, 0.3) is 0 Å². The van der Waals surface area contributed by atoms with E-state index in [-0.39, 0.29) is 5.54 Å². The van der Waals surface area contributed by atoms with Crippen LogP contribution < -0.4 is 10.6 Å². The molecule has 17 heavy (non-hydrogen) atoms. The Hall–Kier alpha value is -1.05. The van der Waals surface area contributed by atoms with Crippen LogP contribution in [0.5, 0.6) is 0 Å². The van der Waals surface area contributed by atoms with Gasteiger partial charge in [-0.05, 0) is 39.0 Å². The van der Waals surface area contributed by atoms with E-state index in [2.05, 4.69) is 53.4 Å². The highest BCUT2D eigenvalue weighted by Crippen LogP contribution is 2.20. The molecule has 0 aliphatic carbocycles. The number of hydrogen-bond acceptors (Lipinski definition) is 3. The van der Waals surface area contributed by atoms with Gasteiger partial charge in [0, 0.05) is 23.1 Å². The highest BCUT2D eigenvalue weighted by molar-refractivity contribution is 9.10. The number of halogens is 1. The predicted molar refractivity (Wildman–Crippen MR) is 75.1 cm³/mol. The Bertz CT molecular complexity index is 416. The highest BCUT2D eigenvalue weighted by Gasteiger charge is 2.07. The lowest BCUT2D eigenvalue weighted by atomic mass is 10.1. The molecular weight excluding hydrogens is 278 g/mol. The lowest BCUT2D eigenvalue weighted by Gasteiger charge is -2.20. The quantitative estimate of drug-likeness (QED) is 0.839. The van der Waals surface area contributed by atoms with Gasteiger partial charge in [-0.15, -0.1) is 0 Å². The Labute approximate surface area is 111 Å². The molecule has 0 spiro atoms. The molecule has 0 amide bonds. The zero-order chi connectivity index (χ0) is 12.9. The average molecular weight is 296 g/mol. The molecule has 0 aromatic heterocycles. The van der Waals surface area contributed by atoms with Crippen LogP contribution in [0.15, 0.2) is 22.7 Å². The molecule has 0 radical (unpaired) electrons. The number of rotatable bonds is 4. The number of nitrogens with one attached hydrogen (secondary N) is 2. The first kappa shape index (κ1) is 14.0. The SMILES string of the molecule is CC(C)(C)NCCNc1cc(Br)ccc1C#N. The van der Waals surface area contributed by atoms with E-state index in [9.17, 15) is 0 Å². The van der Waals surface area contributed by atoms with Gasteiger partial charge in [0.05, 0.1) is 11.3 Å². The standard InChI is InChI=1S/C13H18BrN3/c1-13(2,3)17-7-6-16-12-8-11(14)5-4-10(12)9-15/h4-5,8,16-17H,6-7H2,1-3H3. The summed E-state index contributed by atoms with van der Waals surface area (Å²) in [6, 6.07) is 7.78. The Balaban J connectivity index is 2.52. The Morgan fingerprint density at radius 1 is 1.29 bits per heavy atom. The van der Waals surface area contributed by atoms with E-state index >= 15 is 0 Å². The van der Waals surface area contributed by atoms with Crippen LogP contribution in [-0.4, -0.2) is 18.6 Å². The summed E-state index contributed by atoms with van der Waals surface area (Å²) in [5.41, 5.74) is 1.67. The van der Waals surface area contributed by atoms with E-state index in [1.807, 2.05) is 18.2 Å². The van der Waals surface area contributed by atoms with Crippen molar-refractivity contribution in [2.45, 2.75) is 26.3 Å². The maximum Gasteiger partial charge on any atom is 0.101 e. The first-order chi connectivity index (χ1) is 7.92. The molecule has 92 valence electrons. The summed E-state index contributed by atoms with van der Waals surface area (Å²) in [7, 11) is 0. The van der Waals surface area contributed by atoms with Crippen LogP contribution in [0.2, 0.25) is 0 Å². The van der Waals surface area contributed by atoms with Crippen molar-refractivity contribution in [3.05, 3.63) is 28.2 Å². The van der Waals surface area contributed by atoms with Crippen LogP contribution in [0.4, 0.5) is 5.69 Å². The summed E-state index contributed by atoms with van der Waals surface area (Å²) in [4.78, 5) is 0. The minimum absolute atomic E-state index is 0.122. The van der Waals surface area contributed by atoms with E-state index in [1.54, 1.807) is 0 Å². The third-order valence-electron chi connectivity index (χ3n) is 2.20. The molecule has 0 aliphatic rings. The van der Waals surface area contributed by atoms with Gasteiger partial charge in [-0.3, -0.25) is 0 Å². The summed E-state index contributed by atoms with van der Waals surface area (Å²) in [6.45, 7) is 8.05. The number of anilines is 1. The maximum absolute atomic E-state index is 8.97. The normalized spacial score (nSPS) is 11.0. The summed E-state index contributed by atoms with van der Waals surface area (Å²) >= 11 is 3.40. The fraction of sp³-hybridized carbons (Fsp3) is 0.462. The molecule has 0 fully saturated rings. The molecule has 1 rings (SSSR count). The summed E-state index contributed by atoms with van der Waals surface area (Å²) in [5, 5.41) is 15.6. The summed E-state index contributed by atoms with van der Waals surface area (Å²) in [6.07, 6.45) is 0. The third kappa shape index (κ3) is 5.20. The molecule has 2 N–H and O–H groups in total. The van der Waals surface area contributed by atoms with Crippen molar-refractivity contribution >= 4 is 21.6 Å². The number of nitrogens with zero attached hydrogens (tertiary/aromatic N) is 1. The van der Waals surface area contributed by atoms with Gasteiger partial charge in [-0.1, -0.05) is 15.9 Å². The molecule has 0 unspecified atom stereocenters. The minimum Gasteiger partial charge on any atom is -0.383 e. The lowest BCUT2D eigenvalue weighted by Crippen LogP contribution is -2.38. The Kier molecular flexibility index (Phi) is 4.98. The molecular formula is C13H18BrN3. The lowest BCUT2D eigenvalue weighted by molar-refractivity contribution is 0.435.